The second-order valence-corrected chi connectivity index (χ2v) is 5.33. The number of nitriles is 1. The van der Waals surface area contributed by atoms with Gasteiger partial charge in [-0.05, 0) is 44.8 Å². The van der Waals surface area contributed by atoms with E-state index in [9.17, 15) is 5.26 Å². The van der Waals surface area contributed by atoms with Crippen LogP contribution >= 0.6 is 0 Å². The molecule has 1 aliphatic rings. The largest absolute Gasteiger partial charge is 0.366 e. The second kappa shape index (κ2) is 6.67. The molecule has 1 saturated heterocycles. The van der Waals surface area contributed by atoms with Crippen LogP contribution in [0, 0.1) is 11.3 Å². The minimum Gasteiger partial charge on any atom is -0.366 e. The van der Waals surface area contributed by atoms with E-state index in [1.165, 1.54) is 12.8 Å². The van der Waals surface area contributed by atoms with E-state index in [0.717, 1.165) is 37.2 Å². The molecule has 2 rings (SSSR count). The van der Waals surface area contributed by atoms with Crippen molar-refractivity contribution in [3.8, 4) is 6.07 Å². The number of aryl methyl sites for hydroxylation is 1. The van der Waals surface area contributed by atoms with E-state index in [2.05, 4.69) is 40.5 Å². The highest BCUT2D eigenvalue weighted by molar-refractivity contribution is 5.56. The molecule has 0 aromatic carbocycles. The van der Waals surface area contributed by atoms with Crippen LogP contribution < -0.4 is 5.32 Å². The zero-order chi connectivity index (χ0) is 14.5. The summed E-state index contributed by atoms with van der Waals surface area (Å²) in [5, 5.41) is 21.2. The van der Waals surface area contributed by atoms with Crippen LogP contribution in [0.15, 0.2) is 0 Å². The van der Waals surface area contributed by atoms with Crippen molar-refractivity contribution in [3.05, 3.63) is 16.8 Å². The molecule has 1 aliphatic heterocycles. The first kappa shape index (κ1) is 14.7. The Labute approximate surface area is 121 Å². The predicted molar refractivity (Wildman–Crippen MR) is 79.6 cm³/mol. The van der Waals surface area contributed by atoms with E-state index in [1.807, 2.05) is 6.92 Å². The zero-order valence-corrected chi connectivity index (χ0v) is 12.6. The van der Waals surface area contributed by atoms with Crippen molar-refractivity contribution in [1.29, 1.82) is 5.26 Å². The Morgan fingerprint density at radius 3 is 2.70 bits per heavy atom. The molecular formula is C15H23N5. The highest BCUT2D eigenvalue weighted by atomic mass is 15.2. The zero-order valence-electron chi connectivity index (χ0n) is 12.6. The Balaban J connectivity index is 2.17. The molecule has 5 heteroatoms. The molecule has 5 nitrogen and oxygen atoms in total. The molecule has 0 saturated carbocycles. The first-order chi connectivity index (χ1) is 9.71. The second-order valence-electron chi connectivity index (χ2n) is 5.33. The predicted octanol–water partition coefficient (Wildman–Crippen LogP) is 1.98. The third kappa shape index (κ3) is 2.91. The lowest BCUT2D eigenvalue weighted by molar-refractivity contribution is 0.322. The minimum atomic E-state index is 0.527. The average molecular weight is 273 g/mol. The third-order valence-corrected chi connectivity index (χ3v) is 4.13. The maximum Gasteiger partial charge on any atom is 0.167 e. The summed E-state index contributed by atoms with van der Waals surface area (Å²) in [6.07, 6.45) is 4.08. The van der Waals surface area contributed by atoms with Gasteiger partial charge in [-0.25, -0.2) is 0 Å². The quantitative estimate of drug-likeness (QED) is 0.888. The highest BCUT2D eigenvalue weighted by Crippen LogP contribution is 2.21. The van der Waals surface area contributed by atoms with Gasteiger partial charge in [-0.1, -0.05) is 13.8 Å². The van der Waals surface area contributed by atoms with Crippen LogP contribution in [0.1, 0.15) is 43.5 Å². The van der Waals surface area contributed by atoms with Crippen LogP contribution in [0.25, 0.3) is 0 Å². The van der Waals surface area contributed by atoms with E-state index in [1.54, 1.807) is 0 Å². The third-order valence-electron chi connectivity index (χ3n) is 4.13. The molecule has 0 spiro atoms. The summed E-state index contributed by atoms with van der Waals surface area (Å²) in [4.78, 5) is 2.35. The lowest BCUT2D eigenvalue weighted by Gasteiger charge is -2.20. The van der Waals surface area contributed by atoms with Crippen LogP contribution in [0.3, 0.4) is 0 Å². The Morgan fingerprint density at radius 2 is 2.15 bits per heavy atom. The summed E-state index contributed by atoms with van der Waals surface area (Å²) in [6.45, 7) is 6.09. The topological polar surface area (TPSA) is 64.8 Å². The Kier molecular flexibility index (Phi) is 4.91. The molecule has 108 valence electrons. The number of hydrogen-bond acceptors (Lipinski definition) is 5. The maximum atomic E-state index is 9.43. The van der Waals surface area contributed by atoms with Crippen LogP contribution in [-0.2, 0) is 12.8 Å². The number of rotatable bonds is 5. The molecule has 2 heterocycles. The van der Waals surface area contributed by atoms with Crippen molar-refractivity contribution in [2.24, 2.45) is 0 Å². The van der Waals surface area contributed by atoms with Crippen molar-refractivity contribution in [2.45, 2.75) is 45.6 Å². The first-order valence-electron chi connectivity index (χ1n) is 7.43. The number of likely N-dealkylation sites (N-methyl/N-ethyl adjacent to an activating group) is 1. The van der Waals surface area contributed by atoms with Gasteiger partial charge in [-0.2, -0.15) is 10.4 Å². The van der Waals surface area contributed by atoms with Crippen LogP contribution in [0.2, 0.25) is 0 Å². The normalized spacial score (nSPS) is 19.0. The van der Waals surface area contributed by atoms with E-state index in [0.29, 0.717) is 17.4 Å². The summed E-state index contributed by atoms with van der Waals surface area (Å²) in [5.74, 6) is 0.641. The molecule has 1 aromatic heterocycles. The molecule has 0 radical (unpaired) electrons. The van der Waals surface area contributed by atoms with Gasteiger partial charge in [-0.3, -0.25) is 0 Å². The lowest BCUT2D eigenvalue weighted by Crippen LogP contribution is -2.32. The smallest absolute Gasteiger partial charge is 0.167 e. The highest BCUT2D eigenvalue weighted by Gasteiger charge is 2.21. The maximum absolute atomic E-state index is 9.43. The van der Waals surface area contributed by atoms with E-state index >= 15 is 0 Å². The van der Waals surface area contributed by atoms with Gasteiger partial charge in [0, 0.05) is 12.6 Å². The SMILES string of the molecule is CCc1nnc(NCC2CCCN2C)c(C#N)c1CC. The van der Waals surface area contributed by atoms with Gasteiger partial charge in [0.1, 0.15) is 11.6 Å². The van der Waals surface area contributed by atoms with Gasteiger partial charge in [0.05, 0.1) is 5.69 Å². The number of anilines is 1. The molecule has 1 aromatic rings. The van der Waals surface area contributed by atoms with Crippen molar-refractivity contribution in [1.82, 2.24) is 15.1 Å². The number of likely N-dealkylation sites (tertiary alicyclic amines) is 1. The van der Waals surface area contributed by atoms with Crippen LogP contribution in [0.5, 0.6) is 0 Å². The summed E-state index contributed by atoms with van der Waals surface area (Å²) in [5.41, 5.74) is 2.64. The number of aromatic nitrogens is 2. The van der Waals surface area contributed by atoms with Gasteiger partial charge in [-0.15, -0.1) is 5.10 Å². The summed E-state index contributed by atoms with van der Waals surface area (Å²) < 4.78 is 0. The number of nitrogens with one attached hydrogen (secondary N) is 1. The molecule has 1 unspecified atom stereocenters. The number of nitrogens with zero attached hydrogens (tertiary/aromatic N) is 4. The molecule has 0 bridgehead atoms. The van der Waals surface area contributed by atoms with Crippen LogP contribution in [0.4, 0.5) is 5.82 Å². The van der Waals surface area contributed by atoms with E-state index < -0.39 is 0 Å². The molecule has 1 atom stereocenters. The molecule has 1 fully saturated rings. The number of hydrogen-bond donors (Lipinski definition) is 1. The fourth-order valence-electron chi connectivity index (χ4n) is 2.87. The summed E-state index contributed by atoms with van der Waals surface area (Å²) in [7, 11) is 2.15. The molecule has 0 aliphatic carbocycles. The van der Waals surface area contributed by atoms with Crippen LogP contribution in [-0.4, -0.2) is 41.3 Å². The summed E-state index contributed by atoms with van der Waals surface area (Å²) >= 11 is 0. The van der Waals surface area contributed by atoms with E-state index in [-0.39, 0.29) is 0 Å². The first-order valence-corrected chi connectivity index (χ1v) is 7.43. The molecule has 20 heavy (non-hydrogen) atoms. The molecule has 0 amide bonds. The van der Waals surface area contributed by atoms with Crippen molar-refractivity contribution in [2.75, 3.05) is 25.5 Å². The fraction of sp³-hybridized carbons (Fsp3) is 0.667. The Hall–Kier alpha value is -1.67. The van der Waals surface area contributed by atoms with E-state index in [4.69, 9.17) is 0 Å². The monoisotopic (exact) mass is 273 g/mol. The molecule has 1 N–H and O–H groups in total. The lowest BCUT2D eigenvalue weighted by atomic mass is 10.0. The van der Waals surface area contributed by atoms with Gasteiger partial charge < -0.3 is 10.2 Å². The van der Waals surface area contributed by atoms with Gasteiger partial charge in [0.2, 0.25) is 0 Å². The molecular weight excluding hydrogens is 250 g/mol. The average Bonchev–Trinajstić information content (AvgIpc) is 2.89. The standard InChI is InChI=1S/C15H23N5/c1-4-12-13(9-16)15(19-18-14(12)5-2)17-10-11-7-6-8-20(11)3/h11H,4-8,10H2,1-3H3,(H,17,19). The van der Waals surface area contributed by atoms with Gasteiger partial charge in [0.15, 0.2) is 5.82 Å². The summed E-state index contributed by atoms with van der Waals surface area (Å²) in [6, 6.07) is 2.82. The fourth-order valence-corrected chi connectivity index (χ4v) is 2.87. The minimum absolute atomic E-state index is 0.527. The Morgan fingerprint density at radius 1 is 1.35 bits per heavy atom. The van der Waals surface area contributed by atoms with Crippen molar-refractivity contribution >= 4 is 5.82 Å². The van der Waals surface area contributed by atoms with Crippen molar-refractivity contribution < 1.29 is 0 Å². The van der Waals surface area contributed by atoms with Crippen molar-refractivity contribution in [3.63, 3.8) is 0 Å². The van der Waals surface area contributed by atoms with Gasteiger partial charge in [0.25, 0.3) is 0 Å². The Bertz CT molecular complexity index is 506. The van der Waals surface area contributed by atoms with Gasteiger partial charge >= 0.3 is 0 Å².